The van der Waals surface area contributed by atoms with Gasteiger partial charge < -0.3 is 29.8 Å². The highest BCUT2D eigenvalue weighted by Crippen LogP contribution is 2.43. The van der Waals surface area contributed by atoms with Crippen LogP contribution in [0.3, 0.4) is 0 Å². The second-order valence-corrected chi connectivity index (χ2v) is 11.6. The number of carbonyl (C=O) groups is 1. The Bertz CT molecular complexity index is 1550. The highest BCUT2D eigenvalue weighted by molar-refractivity contribution is 7.99. The third-order valence-electron chi connectivity index (χ3n) is 7.57. The third kappa shape index (κ3) is 7.67. The fourth-order valence-electron chi connectivity index (χ4n) is 5.13. The molecule has 0 radical (unpaired) electrons. The van der Waals surface area contributed by atoms with E-state index in [1.165, 1.54) is 24.0 Å². The molecule has 0 aliphatic carbocycles. The maximum Gasteiger partial charge on any atom is 0.407 e. The fraction of sp³-hybridized carbons (Fsp3) is 0.257. The minimum Gasteiger partial charge on any atom is -0.618 e. The maximum atomic E-state index is 12.3. The minimum absolute atomic E-state index is 0.000592. The summed E-state index contributed by atoms with van der Waals surface area (Å²) in [6.07, 6.45) is 1.44. The lowest BCUT2D eigenvalue weighted by molar-refractivity contribution is -0.645. The van der Waals surface area contributed by atoms with Crippen molar-refractivity contribution in [1.82, 2.24) is 5.32 Å². The molecule has 2 N–H and O–H groups in total. The van der Waals surface area contributed by atoms with Crippen molar-refractivity contribution in [3.63, 3.8) is 0 Å². The molecule has 1 saturated heterocycles. The average Bonchev–Trinajstić information content (AvgIpc) is 3.07. The first-order valence-electron chi connectivity index (χ1n) is 14.5. The molecule has 4 atom stereocenters. The Kier molecular flexibility index (Phi) is 10.7. The number of aliphatic hydroxyl groups excluding tert-OH is 1. The van der Waals surface area contributed by atoms with E-state index >= 15 is 0 Å². The van der Waals surface area contributed by atoms with Crippen molar-refractivity contribution >= 4 is 17.9 Å². The van der Waals surface area contributed by atoms with E-state index in [1.807, 2.05) is 78.9 Å². The molecule has 8 nitrogen and oxygen atoms in total. The lowest BCUT2D eigenvalue weighted by Crippen LogP contribution is -2.39. The molecule has 9 heteroatoms. The largest absolute Gasteiger partial charge is 0.618 e. The van der Waals surface area contributed by atoms with E-state index in [0.717, 1.165) is 38.1 Å². The summed E-state index contributed by atoms with van der Waals surface area (Å²) >= 11 is 1.46. The summed E-state index contributed by atoms with van der Waals surface area (Å²) in [5.41, 5.74) is 5.64. The molecule has 0 saturated carbocycles. The van der Waals surface area contributed by atoms with Gasteiger partial charge in [0.2, 0.25) is 0 Å². The van der Waals surface area contributed by atoms with Crippen LogP contribution in [0, 0.1) is 11.1 Å². The number of benzene rings is 3. The highest BCUT2D eigenvalue weighted by atomic mass is 32.2. The van der Waals surface area contributed by atoms with Crippen LogP contribution < -0.4 is 10.0 Å². The first-order valence-corrected chi connectivity index (χ1v) is 15.5. The second kappa shape index (κ2) is 15.0. The van der Waals surface area contributed by atoms with E-state index in [9.17, 15) is 15.1 Å². The van der Waals surface area contributed by atoms with Gasteiger partial charge in [-0.15, -0.1) is 0 Å². The zero-order valence-corrected chi connectivity index (χ0v) is 25.3. The smallest absolute Gasteiger partial charge is 0.407 e. The minimum atomic E-state index is -0.625. The number of aliphatic hydroxyl groups is 1. The number of carbonyl (C=O) groups excluding carboxylic acids is 1. The van der Waals surface area contributed by atoms with Crippen LogP contribution in [-0.4, -0.2) is 29.7 Å². The molecule has 3 aromatic carbocycles. The van der Waals surface area contributed by atoms with Gasteiger partial charge in [0, 0.05) is 35.9 Å². The van der Waals surface area contributed by atoms with E-state index < -0.39 is 12.4 Å². The molecular formula is C35H36N2O6S. The molecule has 0 unspecified atom stereocenters. The van der Waals surface area contributed by atoms with Crippen LogP contribution in [0.1, 0.15) is 41.6 Å². The van der Waals surface area contributed by atoms with Gasteiger partial charge in [0.05, 0.1) is 18.8 Å². The summed E-state index contributed by atoms with van der Waals surface area (Å²) in [5.74, 6) is 0.575. The molecule has 1 fully saturated rings. The standard InChI is InChI=1S/C35H36N2O6S/c1-3-20-41-35(39)36-21-29-8-4-5-9-30(29)26-15-17-28(18-16-26)34-42-31(23-44-32-10-6-7-19-37(32)40)24(2)33(43-34)27-13-11-25(22-38)12-14-27/h3-19,24,31,33-34,38H,1,20-23H2,2H3,(H,36,39)/t24-,31+,33+,34+/m0/s1. The van der Waals surface area contributed by atoms with Crippen LogP contribution in [0.15, 0.2) is 115 Å². The van der Waals surface area contributed by atoms with E-state index in [2.05, 4.69) is 18.8 Å². The maximum absolute atomic E-state index is 12.3. The lowest BCUT2D eigenvalue weighted by atomic mass is 9.91. The Morgan fingerprint density at radius 3 is 2.48 bits per heavy atom. The number of hydrogen-bond acceptors (Lipinski definition) is 7. The van der Waals surface area contributed by atoms with Crippen molar-refractivity contribution in [2.24, 2.45) is 5.92 Å². The summed E-state index contributed by atoms with van der Waals surface area (Å²) in [6, 6.07) is 29.1. The number of aromatic nitrogens is 1. The first-order chi connectivity index (χ1) is 21.5. The van der Waals surface area contributed by atoms with Gasteiger partial charge in [-0.05, 0) is 33.9 Å². The molecule has 2 heterocycles. The van der Waals surface area contributed by atoms with Crippen molar-refractivity contribution < 1.29 is 28.8 Å². The Labute approximate surface area is 261 Å². The summed E-state index contributed by atoms with van der Waals surface area (Å²) < 4.78 is 19.0. The molecule has 1 aliphatic heterocycles. The predicted molar refractivity (Wildman–Crippen MR) is 169 cm³/mol. The number of rotatable bonds is 11. The molecule has 1 aromatic heterocycles. The third-order valence-corrected chi connectivity index (χ3v) is 8.68. The van der Waals surface area contributed by atoms with Gasteiger partial charge in [-0.25, -0.2) is 4.79 Å². The number of ether oxygens (including phenoxy) is 3. The molecule has 228 valence electrons. The predicted octanol–water partition coefficient (Wildman–Crippen LogP) is 6.48. The summed E-state index contributed by atoms with van der Waals surface area (Å²) in [5, 5.41) is 25.2. The van der Waals surface area contributed by atoms with Gasteiger partial charge in [-0.2, -0.15) is 4.73 Å². The molecule has 44 heavy (non-hydrogen) atoms. The van der Waals surface area contributed by atoms with Crippen molar-refractivity contribution in [2.75, 3.05) is 12.4 Å². The van der Waals surface area contributed by atoms with Crippen LogP contribution in [0.4, 0.5) is 4.79 Å². The number of amides is 1. The Morgan fingerprint density at radius 1 is 1.02 bits per heavy atom. The summed E-state index contributed by atoms with van der Waals surface area (Å²) in [4.78, 5) is 12.0. The van der Waals surface area contributed by atoms with Gasteiger partial charge in [-0.1, -0.05) is 104 Å². The van der Waals surface area contributed by atoms with Gasteiger partial charge in [0.25, 0.3) is 5.03 Å². The van der Waals surface area contributed by atoms with Crippen molar-refractivity contribution in [3.05, 3.63) is 137 Å². The van der Waals surface area contributed by atoms with Gasteiger partial charge >= 0.3 is 6.09 Å². The van der Waals surface area contributed by atoms with Crippen LogP contribution in [0.25, 0.3) is 11.1 Å². The van der Waals surface area contributed by atoms with Crippen molar-refractivity contribution in [3.8, 4) is 11.1 Å². The molecule has 1 amide bonds. The first kappa shape index (κ1) is 31.3. The Balaban J connectivity index is 1.36. The average molecular weight is 613 g/mol. The van der Waals surface area contributed by atoms with Crippen LogP contribution in [-0.2, 0) is 27.4 Å². The highest BCUT2D eigenvalue weighted by Gasteiger charge is 2.38. The number of hydrogen-bond donors (Lipinski definition) is 2. The van der Waals surface area contributed by atoms with E-state index in [1.54, 1.807) is 12.1 Å². The molecule has 1 aliphatic rings. The van der Waals surface area contributed by atoms with Crippen LogP contribution in [0.5, 0.6) is 0 Å². The molecule has 5 rings (SSSR count). The van der Waals surface area contributed by atoms with E-state index in [-0.39, 0.29) is 31.3 Å². The quantitative estimate of drug-likeness (QED) is 0.0865. The monoisotopic (exact) mass is 612 g/mol. The van der Waals surface area contributed by atoms with Crippen LogP contribution in [0.2, 0.25) is 0 Å². The zero-order valence-electron chi connectivity index (χ0n) is 24.5. The number of nitrogens with one attached hydrogen (secondary N) is 1. The number of nitrogens with zero attached hydrogens (tertiary/aromatic N) is 1. The SMILES string of the molecule is C=CCOC(=O)NCc1ccccc1-c1ccc([C@@H]2O[C@H](CSc3cccc[n+]3[O-])[C@H](C)[C@H](c3ccc(CO)cc3)O2)cc1. The summed E-state index contributed by atoms with van der Waals surface area (Å²) in [7, 11) is 0. The lowest BCUT2D eigenvalue weighted by Gasteiger charge is -2.41. The van der Waals surface area contributed by atoms with E-state index in [4.69, 9.17) is 14.2 Å². The van der Waals surface area contributed by atoms with Gasteiger partial charge in [0.1, 0.15) is 6.61 Å². The molecular weight excluding hydrogens is 576 g/mol. The van der Waals surface area contributed by atoms with Gasteiger partial charge in [0.15, 0.2) is 12.5 Å². The molecule has 0 spiro atoms. The molecule has 0 bridgehead atoms. The topological polar surface area (TPSA) is 104 Å². The Hall–Kier alpha value is -4.15. The normalized spacial score (nSPS) is 19.7. The number of pyridine rings is 1. The summed E-state index contributed by atoms with van der Waals surface area (Å²) in [6.45, 7) is 6.11. The van der Waals surface area contributed by atoms with Gasteiger partial charge in [-0.3, -0.25) is 0 Å². The van der Waals surface area contributed by atoms with Crippen molar-refractivity contribution in [2.45, 2.75) is 43.6 Å². The fourth-order valence-corrected chi connectivity index (χ4v) is 6.21. The van der Waals surface area contributed by atoms with Crippen molar-refractivity contribution in [1.29, 1.82) is 0 Å². The second-order valence-electron chi connectivity index (χ2n) is 10.5. The van der Waals surface area contributed by atoms with E-state index in [0.29, 0.717) is 17.3 Å². The number of alkyl carbamates (subject to hydrolysis) is 1. The zero-order chi connectivity index (χ0) is 30.9. The van der Waals surface area contributed by atoms with Crippen LogP contribution >= 0.6 is 11.8 Å². The number of thioether (sulfide) groups is 1. The molecule has 4 aromatic rings. The Morgan fingerprint density at radius 2 is 1.75 bits per heavy atom.